The predicted octanol–water partition coefficient (Wildman–Crippen LogP) is 3.79. The first-order valence-electron chi connectivity index (χ1n) is 7.13. The molecule has 0 heterocycles. The lowest BCUT2D eigenvalue weighted by atomic mass is 9.96. The minimum absolute atomic E-state index is 0.244. The molecule has 0 aliphatic carbocycles. The Kier molecular flexibility index (Phi) is 6.57. The molecule has 0 aliphatic heterocycles. The molecule has 5 heteroatoms. The van der Waals surface area contributed by atoms with Crippen molar-refractivity contribution >= 4 is 0 Å². The summed E-state index contributed by atoms with van der Waals surface area (Å²) >= 11 is 0. The highest BCUT2D eigenvalue weighted by Crippen LogP contribution is 2.17. The Balaban J connectivity index is 2.31. The first kappa shape index (κ1) is 17.4. The number of nitriles is 1. The van der Waals surface area contributed by atoms with E-state index in [4.69, 9.17) is 4.74 Å². The molecular weight excluding hydrogens is 274 g/mol. The van der Waals surface area contributed by atoms with Gasteiger partial charge in [-0.25, -0.2) is 8.78 Å². The molecule has 0 bridgehead atoms. The van der Waals surface area contributed by atoms with Crippen molar-refractivity contribution in [2.45, 2.75) is 51.6 Å². The van der Waals surface area contributed by atoms with Crippen molar-refractivity contribution in [3.8, 4) is 11.8 Å². The largest absolute Gasteiger partial charge is 0.493 e. The quantitative estimate of drug-likeness (QED) is 0.742. The number of benzene rings is 1. The van der Waals surface area contributed by atoms with E-state index in [9.17, 15) is 14.0 Å². The van der Waals surface area contributed by atoms with Gasteiger partial charge >= 0.3 is 0 Å². The molecule has 116 valence electrons. The third-order valence-electron chi connectivity index (χ3n) is 3.08. The summed E-state index contributed by atoms with van der Waals surface area (Å²) in [4.78, 5) is 0. The highest BCUT2D eigenvalue weighted by Gasteiger charge is 2.23. The highest BCUT2D eigenvalue weighted by molar-refractivity contribution is 5.23. The Morgan fingerprint density at radius 1 is 1.29 bits per heavy atom. The van der Waals surface area contributed by atoms with Crippen LogP contribution in [0.2, 0.25) is 0 Å². The summed E-state index contributed by atoms with van der Waals surface area (Å²) in [6, 6.07) is 6.02. The number of nitrogens with one attached hydrogen (secondary N) is 1. The number of rotatable bonds is 8. The van der Waals surface area contributed by atoms with Crippen molar-refractivity contribution < 1.29 is 13.5 Å². The number of nitrogens with zero attached hydrogens (tertiary/aromatic N) is 1. The molecule has 1 aromatic carbocycles. The molecule has 0 aliphatic rings. The molecule has 1 atom stereocenters. The fourth-order valence-electron chi connectivity index (χ4n) is 2.13. The molecule has 0 fully saturated rings. The Hall–Kier alpha value is -1.67. The van der Waals surface area contributed by atoms with Gasteiger partial charge in [-0.1, -0.05) is 0 Å². The number of hydrogen-bond acceptors (Lipinski definition) is 3. The van der Waals surface area contributed by atoms with Gasteiger partial charge in [-0.15, -0.1) is 0 Å². The van der Waals surface area contributed by atoms with Crippen LogP contribution in [-0.4, -0.2) is 18.2 Å². The minimum atomic E-state index is -0.911. The summed E-state index contributed by atoms with van der Waals surface area (Å²) in [5.41, 5.74) is -0.545. The minimum Gasteiger partial charge on any atom is -0.493 e. The standard InChI is InChI=1S/C16H22F2N2O/c1-12(2)20-16(3,11-19)8-4-5-9-21-13-6-7-14(17)15(18)10-13/h6-7,10,12,20H,4-5,8-9H2,1-3H3. The SMILES string of the molecule is CC(C)NC(C)(C#N)CCCCOc1ccc(F)c(F)c1. The summed E-state index contributed by atoms with van der Waals surface area (Å²) in [5, 5.41) is 12.4. The summed E-state index contributed by atoms with van der Waals surface area (Å²) in [7, 11) is 0. The molecule has 1 aromatic rings. The van der Waals surface area contributed by atoms with Gasteiger partial charge in [-0.2, -0.15) is 5.26 Å². The van der Waals surface area contributed by atoms with Gasteiger partial charge in [-0.05, 0) is 52.2 Å². The monoisotopic (exact) mass is 296 g/mol. The van der Waals surface area contributed by atoms with E-state index in [-0.39, 0.29) is 6.04 Å². The van der Waals surface area contributed by atoms with Crippen LogP contribution in [0.1, 0.15) is 40.0 Å². The van der Waals surface area contributed by atoms with E-state index < -0.39 is 17.2 Å². The molecule has 3 nitrogen and oxygen atoms in total. The summed E-state index contributed by atoms with van der Waals surface area (Å²) in [5.74, 6) is -1.48. The van der Waals surface area contributed by atoms with Gasteiger partial charge in [0.1, 0.15) is 11.3 Å². The van der Waals surface area contributed by atoms with E-state index in [0.29, 0.717) is 18.8 Å². The maximum atomic E-state index is 13.0. The van der Waals surface area contributed by atoms with Crippen LogP contribution in [0.5, 0.6) is 5.75 Å². The van der Waals surface area contributed by atoms with Crippen molar-refractivity contribution in [1.29, 1.82) is 5.26 Å². The fraction of sp³-hybridized carbons (Fsp3) is 0.562. The molecular formula is C16H22F2N2O. The van der Waals surface area contributed by atoms with Crippen molar-refractivity contribution in [2.24, 2.45) is 0 Å². The van der Waals surface area contributed by atoms with Gasteiger partial charge in [0.05, 0.1) is 12.7 Å². The molecule has 0 radical (unpaired) electrons. The lowest BCUT2D eigenvalue weighted by Crippen LogP contribution is -2.44. The fourth-order valence-corrected chi connectivity index (χ4v) is 2.13. The third kappa shape index (κ3) is 6.09. The number of ether oxygens (including phenoxy) is 1. The Morgan fingerprint density at radius 2 is 2.00 bits per heavy atom. The van der Waals surface area contributed by atoms with Crippen LogP contribution in [0.15, 0.2) is 18.2 Å². The van der Waals surface area contributed by atoms with Gasteiger partial charge in [-0.3, -0.25) is 5.32 Å². The Labute approximate surface area is 124 Å². The van der Waals surface area contributed by atoms with Crippen LogP contribution >= 0.6 is 0 Å². The Morgan fingerprint density at radius 3 is 2.57 bits per heavy atom. The van der Waals surface area contributed by atoms with Crippen LogP contribution in [0.25, 0.3) is 0 Å². The molecule has 0 spiro atoms. The van der Waals surface area contributed by atoms with Gasteiger partial charge in [0.15, 0.2) is 11.6 Å². The summed E-state index contributed by atoms with van der Waals surface area (Å²) in [6.07, 6.45) is 2.27. The molecule has 1 N–H and O–H groups in total. The number of hydrogen-bond donors (Lipinski definition) is 1. The second-order valence-electron chi connectivity index (χ2n) is 5.62. The average Bonchev–Trinajstić information content (AvgIpc) is 2.41. The molecule has 1 unspecified atom stereocenters. The van der Waals surface area contributed by atoms with Crippen LogP contribution in [-0.2, 0) is 0 Å². The van der Waals surface area contributed by atoms with Crippen molar-refractivity contribution in [2.75, 3.05) is 6.61 Å². The summed E-state index contributed by atoms with van der Waals surface area (Å²) < 4.78 is 31.1. The zero-order valence-electron chi connectivity index (χ0n) is 12.7. The van der Waals surface area contributed by atoms with E-state index in [2.05, 4.69) is 11.4 Å². The summed E-state index contributed by atoms with van der Waals surface area (Å²) in [6.45, 7) is 6.29. The normalized spacial score (nSPS) is 13.8. The molecule has 0 saturated carbocycles. The maximum Gasteiger partial charge on any atom is 0.162 e. The van der Waals surface area contributed by atoms with E-state index >= 15 is 0 Å². The van der Waals surface area contributed by atoms with Gasteiger partial charge < -0.3 is 4.74 Å². The lowest BCUT2D eigenvalue weighted by Gasteiger charge is -2.25. The van der Waals surface area contributed by atoms with E-state index in [0.717, 1.165) is 25.0 Å². The van der Waals surface area contributed by atoms with E-state index in [1.807, 2.05) is 20.8 Å². The van der Waals surface area contributed by atoms with Crippen LogP contribution in [0.4, 0.5) is 8.78 Å². The third-order valence-corrected chi connectivity index (χ3v) is 3.08. The predicted molar refractivity (Wildman–Crippen MR) is 78.0 cm³/mol. The van der Waals surface area contributed by atoms with Crippen molar-refractivity contribution in [3.05, 3.63) is 29.8 Å². The molecule has 1 rings (SSSR count). The number of unbranched alkanes of at least 4 members (excludes halogenated alkanes) is 1. The van der Waals surface area contributed by atoms with Crippen LogP contribution in [0.3, 0.4) is 0 Å². The first-order valence-corrected chi connectivity index (χ1v) is 7.13. The lowest BCUT2D eigenvalue weighted by molar-refractivity contribution is 0.290. The number of halogens is 2. The smallest absolute Gasteiger partial charge is 0.162 e. The van der Waals surface area contributed by atoms with Gasteiger partial charge in [0.2, 0.25) is 0 Å². The molecule has 0 saturated heterocycles. The van der Waals surface area contributed by atoms with E-state index in [1.165, 1.54) is 6.07 Å². The average molecular weight is 296 g/mol. The van der Waals surface area contributed by atoms with Gasteiger partial charge in [0.25, 0.3) is 0 Å². The zero-order chi connectivity index (χ0) is 15.9. The molecule has 21 heavy (non-hydrogen) atoms. The zero-order valence-corrected chi connectivity index (χ0v) is 12.7. The van der Waals surface area contributed by atoms with Crippen molar-refractivity contribution in [3.63, 3.8) is 0 Å². The Bertz CT molecular complexity index is 500. The second-order valence-corrected chi connectivity index (χ2v) is 5.62. The second kappa shape index (κ2) is 7.94. The van der Waals surface area contributed by atoms with Gasteiger partial charge in [0, 0.05) is 12.1 Å². The first-order chi connectivity index (χ1) is 9.86. The van der Waals surface area contributed by atoms with Crippen molar-refractivity contribution in [1.82, 2.24) is 5.32 Å². The molecule has 0 amide bonds. The topological polar surface area (TPSA) is 45.0 Å². The van der Waals surface area contributed by atoms with Crippen LogP contribution in [0, 0.1) is 23.0 Å². The highest BCUT2D eigenvalue weighted by atomic mass is 19.2. The maximum absolute atomic E-state index is 13.0. The van der Waals surface area contributed by atoms with Crippen LogP contribution < -0.4 is 10.1 Å². The molecule has 0 aromatic heterocycles. The van der Waals surface area contributed by atoms with E-state index in [1.54, 1.807) is 0 Å².